The van der Waals surface area contributed by atoms with Crippen LogP contribution < -0.4 is 10.5 Å². The minimum Gasteiger partial charge on any atom is -0.466 e. The minimum atomic E-state index is -1.10. The predicted octanol–water partition coefficient (Wildman–Crippen LogP) is 1.26. The molecule has 9 nitrogen and oxygen atoms in total. The molecule has 1 aromatic carbocycles. The van der Waals surface area contributed by atoms with Gasteiger partial charge in [-0.1, -0.05) is 37.3 Å². The molecule has 3 aromatic rings. The first-order valence-electron chi connectivity index (χ1n) is 8.91. The van der Waals surface area contributed by atoms with Crippen molar-refractivity contribution in [3.05, 3.63) is 53.5 Å². The molecule has 0 aliphatic heterocycles. The lowest BCUT2D eigenvalue weighted by atomic mass is 10.1. The second-order valence-electron chi connectivity index (χ2n) is 6.18. The molecule has 150 valence electrons. The van der Waals surface area contributed by atoms with Crippen LogP contribution in [0.15, 0.2) is 36.7 Å². The Morgan fingerprint density at radius 1 is 1.14 bits per heavy atom. The molecule has 0 unspecified atom stereocenters. The smallest absolute Gasteiger partial charge is 0.343 e. The Morgan fingerprint density at radius 3 is 2.48 bits per heavy atom. The number of hydrogen-bond acceptors (Lipinski definition) is 7. The third-order valence-corrected chi connectivity index (χ3v) is 4.44. The van der Waals surface area contributed by atoms with E-state index in [-0.39, 0.29) is 16.8 Å². The van der Waals surface area contributed by atoms with Gasteiger partial charge in [0.05, 0.1) is 18.1 Å². The number of rotatable bonds is 8. The molecule has 0 saturated carbocycles. The van der Waals surface area contributed by atoms with E-state index in [1.54, 1.807) is 0 Å². The van der Waals surface area contributed by atoms with Crippen molar-refractivity contribution < 1.29 is 23.9 Å². The van der Waals surface area contributed by atoms with Gasteiger partial charge in [0, 0.05) is 12.2 Å². The number of ketones is 1. The maximum atomic E-state index is 12.7. The first-order chi connectivity index (χ1) is 14.0. The number of methoxy groups -OCH3 is 1. The van der Waals surface area contributed by atoms with Crippen molar-refractivity contribution in [3.63, 3.8) is 0 Å². The van der Waals surface area contributed by atoms with Crippen molar-refractivity contribution in [3.8, 4) is 5.88 Å². The Kier molecular flexibility index (Phi) is 5.87. The van der Waals surface area contributed by atoms with Gasteiger partial charge in [-0.15, -0.1) is 0 Å². The number of amides is 1. The van der Waals surface area contributed by atoms with E-state index in [1.807, 2.05) is 41.8 Å². The highest BCUT2D eigenvalue weighted by molar-refractivity contribution is 6.45. The molecular formula is C20H20N4O5. The monoisotopic (exact) mass is 396 g/mol. The summed E-state index contributed by atoms with van der Waals surface area (Å²) in [6, 6.07) is 9.60. The Morgan fingerprint density at radius 2 is 1.86 bits per heavy atom. The van der Waals surface area contributed by atoms with Crippen molar-refractivity contribution in [1.29, 1.82) is 0 Å². The molecule has 0 bridgehead atoms. The topological polar surface area (TPSA) is 126 Å². The van der Waals surface area contributed by atoms with Crippen LogP contribution in [0, 0.1) is 0 Å². The standard InChI is InChI=1S/C20H20N4O5/c1-3-13-15(17(26)18(21)27)16-19(24(13)9-12-7-5-4-6-8-12)22-11-23-20(16)29-10-14(25)28-2/h4-8,11H,3,9-10H2,1-2H3,(H2,21,27). The average Bonchev–Trinajstić information content (AvgIpc) is 3.05. The number of hydrogen-bond donors (Lipinski definition) is 1. The number of fused-ring (bicyclic) bond motifs is 1. The summed E-state index contributed by atoms with van der Waals surface area (Å²) < 4.78 is 11.9. The minimum absolute atomic E-state index is 0.00603. The Balaban J connectivity index is 2.23. The fourth-order valence-electron chi connectivity index (χ4n) is 3.16. The number of Topliss-reactive ketones (excluding diaryl/α,β-unsaturated/α-hetero) is 1. The molecule has 0 aliphatic rings. The van der Waals surface area contributed by atoms with Crippen LogP contribution in [0.4, 0.5) is 0 Å². The van der Waals surface area contributed by atoms with Crippen LogP contribution in [0.5, 0.6) is 5.88 Å². The summed E-state index contributed by atoms with van der Waals surface area (Å²) in [6.45, 7) is 1.87. The highest BCUT2D eigenvalue weighted by Gasteiger charge is 2.29. The average molecular weight is 396 g/mol. The number of esters is 1. The molecule has 0 spiro atoms. The zero-order valence-electron chi connectivity index (χ0n) is 16.0. The molecule has 29 heavy (non-hydrogen) atoms. The highest BCUT2D eigenvalue weighted by atomic mass is 16.6. The first kappa shape index (κ1) is 20.0. The summed E-state index contributed by atoms with van der Waals surface area (Å²) in [6.07, 6.45) is 1.71. The molecule has 2 aromatic heterocycles. The van der Waals surface area contributed by atoms with Gasteiger partial charge >= 0.3 is 5.97 Å². The molecule has 0 fully saturated rings. The van der Waals surface area contributed by atoms with Crippen molar-refractivity contribution in [1.82, 2.24) is 14.5 Å². The maximum absolute atomic E-state index is 12.7. The molecule has 9 heteroatoms. The van der Waals surface area contributed by atoms with Crippen molar-refractivity contribution in [2.75, 3.05) is 13.7 Å². The van der Waals surface area contributed by atoms with E-state index in [1.165, 1.54) is 13.4 Å². The van der Waals surface area contributed by atoms with Crippen molar-refractivity contribution in [2.45, 2.75) is 19.9 Å². The second kappa shape index (κ2) is 8.51. The Labute approximate surface area is 166 Å². The third-order valence-electron chi connectivity index (χ3n) is 4.44. The molecule has 0 atom stereocenters. The highest BCUT2D eigenvalue weighted by Crippen LogP contribution is 2.32. The molecule has 0 radical (unpaired) electrons. The zero-order valence-corrected chi connectivity index (χ0v) is 16.0. The normalized spacial score (nSPS) is 10.7. The van der Waals surface area contributed by atoms with Crippen molar-refractivity contribution in [2.24, 2.45) is 5.73 Å². The predicted molar refractivity (Wildman–Crippen MR) is 103 cm³/mol. The molecule has 1 amide bonds. The van der Waals surface area contributed by atoms with Gasteiger partial charge in [-0.05, 0) is 12.0 Å². The Hall–Kier alpha value is -3.75. The lowest BCUT2D eigenvalue weighted by Gasteiger charge is -2.10. The number of aromatic nitrogens is 3. The molecule has 0 saturated heterocycles. The molecular weight excluding hydrogens is 376 g/mol. The van der Waals surface area contributed by atoms with E-state index >= 15 is 0 Å². The van der Waals surface area contributed by atoms with Crippen LogP contribution in [0.2, 0.25) is 0 Å². The van der Waals surface area contributed by atoms with Crippen LogP contribution in [-0.2, 0) is 27.3 Å². The fraction of sp³-hybridized carbons (Fsp3) is 0.250. The summed E-state index contributed by atoms with van der Waals surface area (Å²) >= 11 is 0. The number of ether oxygens (including phenoxy) is 2. The summed E-state index contributed by atoms with van der Waals surface area (Å²) in [5.74, 6) is -2.57. The van der Waals surface area contributed by atoms with Gasteiger partial charge in [0.1, 0.15) is 12.0 Å². The van der Waals surface area contributed by atoms with Gasteiger partial charge < -0.3 is 19.8 Å². The number of nitrogens with two attached hydrogens (primary N) is 1. The van der Waals surface area contributed by atoms with Crippen LogP contribution >= 0.6 is 0 Å². The third kappa shape index (κ3) is 3.93. The Bertz CT molecular complexity index is 1080. The van der Waals surface area contributed by atoms with Gasteiger partial charge in [-0.2, -0.15) is 0 Å². The van der Waals surface area contributed by atoms with Crippen molar-refractivity contribution >= 4 is 28.7 Å². The van der Waals surface area contributed by atoms with Crippen LogP contribution in [0.1, 0.15) is 28.5 Å². The summed E-state index contributed by atoms with van der Waals surface area (Å²) in [7, 11) is 1.23. The van der Waals surface area contributed by atoms with E-state index in [0.29, 0.717) is 24.3 Å². The van der Waals surface area contributed by atoms with Gasteiger partial charge in [-0.3, -0.25) is 9.59 Å². The SMILES string of the molecule is CCc1c(C(=O)C(N)=O)c2c(OCC(=O)OC)ncnc2n1Cc1ccccc1. The molecule has 3 rings (SSSR count). The maximum Gasteiger partial charge on any atom is 0.343 e. The summed E-state index contributed by atoms with van der Waals surface area (Å²) in [5.41, 5.74) is 7.34. The quantitative estimate of drug-likeness (QED) is 0.345. The fourth-order valence-corrected chi connectivity index (χ4v) is 3.16. The van der Waals surface area contributed by atoms with E-state index in [0.717, 1.165) is 5.56 Å². The number of carbonyl (C=O) groups excluding carboxylic acids is 3. The van der Waals surface area contributed by atoms with E-state index in [4.69, 9.17) is 10.5 Å². The van der Waals surface area contributed by atoms with Gasteiger partial charge in [0.15, 0.2) is 6.61 Å². The van der Waals surface area contributed by atoms with E-state index in [9.17, 15) is 14.4 Å². The number of carbonyl (C=O) groups is 3. The lowest BCUT2D eigenvalue weighted by molar-refractivity contribution is -0.143. The van der Waals surface area contributed by atoms with Crippen LogP contribution in [0.25, 0.3) is 11.0 Å². The molecule has 0 aliphatic carbocycles. The first-order valence-corrected chi connectivity index (χ1v) is 8.91. The van der Waals surface area contributed by atoms with E-state index in [2.05, 4.69) is 14.7 Å². The number of benzene rings is 1. The van der Waals surface area contributed by atoms with Gasteiger partial charge in [0.2, 0.25) is 5.88 Å². The molecule has 2 N–H and O–H groups in total. The van der Waals surface area contributed by atoms with E-state index < -0.39 is 24.3 Å². The lowest BCUT2D eigenvalue weighted by Crippen LogP contribution is -2.24. The number of primary amides is 1. The van der Waals surface area contributed by atoms with Gasteiger partial charge in [-0.25, -0.2) is 14.8 Å². The van der Waals surface area contributed by atoms with Gasteiger partial charge in [0.25, 0.3) is 11.7 Å². The zero-order chi connectivity index (χ0) is 21.0. The van der Waals surface area contributed by atoms with Crippen LogP contribution in [-0.4, -0.2) is 45.9 Å². The number of nitrogens with zero attached hydrogens (tertiary/aromatic N) is 3. The largest absolute Gasteiger partial charge is 0.466 e. The summed E-state index contributed by atoms with van der Waals surface area (Å²) in [4.78, 5) is 44.2. The summed E-state index contributed by atoms with van der Waals surface area (Å²) in [5, 5.41) is 0.244. The molecule has 2 heterocycles. The second-order valence-corrected chi connectivity index (χ2v) is 6.18. The van der Waals surface area contributed by atoms with Crippen LogP contribution in [0.3, 0.4) is 0 Å².